The summed E-state index contributed by atoms with van der Waals surface area (Å²) < 4.78 is 0. The SMILES string of the molecule is CC1CCC([C@@H](C)[C@H]2CC[C@H]3[C@@H]4CCC5CCCC[C@]5(C)[C@H]4CC[C@]23C)NC1. The van der Waals surface area contributed by atoms with Crippen molar-refractivity contribution in [2.75, 3.05) is 6.54 Å². The number of fused-ring (bicyclic) bond motifs is 5. The fourth-order valence-corrected chi connectivity index (χ4v) is 9.95. The minimum absolute atomic E-state index is 0.642. The predicted octanol–water partition coefficient (Wildman–Crippen LogP) is 7.06. The second-order valence-electron chi connectivity index (χ2n) is 12.7. The highest BCUT2D eigenvalue weighted by atomic mass is 14.9. The maximum atomic E-state index is 3.96. The van der Waals surface area contributed by atoms with E-state index in [4.69, 9.17) is 0 Å². The van der Waals surface area contributed by atoms with Crippen molar-refractivity contribution in [3.63, 3.8) is 0 Å². The zero-order valence-electron chi connectivity index (χ0n) is 19.3. The highest BCUT2D eigenvalue weighted by Gasteiger charge is 2.60. The number of rotatable bonds is 2. The van der Waals surface area contributed by atoms with Crippen LogP contribution in [0.2, 0.25) is 0 Å². The summed E-state index contributed by atoms with van der Waals surface area (Å²) in [5.74, 6) is 6.97. The van der Waals surface area contributed by atoms with E-state index in [1.54, 1.807) is 44.9 Å². The van der Waals surface area contributed by atoms with Gasteiger partial charge in [0, 0.05) is 6.04 Å². The van der Waals surface area contributed by atoms with Gasteiger partial charge in [-0.15, -0.1) is 0 Å². The minimum Gasteiger partial charge on any atom is -0.313 e. The minimum atomic E-state index is 0.642. The molecule has 1 saturated heterocycles. The van der Waals surface area contributed by atoms with Gasteiger partial charge >= 0.3 is 0 Å². The largest absolute Gasteiger partial charge is 0.313 e. The van der Waals surface area contributed by atoms with E-state index >= 15 is 0 Å². The van der Waals surface area contributed by atoms with E-state index in [9.17, 15) is 0 Å². The lowest BCUT2D eigenvalue weighted by Crippen LogP contribution is -2.54. The Morgan fingerprint density at radius 1 is 0.786 bits per heavy atom. The van der Waals surface area contributed by atoms with E-state index < -0.39 is 0 Å². The molecule has 5 aliphatic rings. The van der Waals surface area contributed by atoms with Crippen LogP contribution in [0, 0.1) is 52.3 Å². The second kappa shape index (κ2) is 7.28. The third-order valence-electron chi connectivity index (χ3n) is 11.6. The van der Waals surface area contributed by atoms with Crippen molar-refractivity contribution in [2.24, 2.45) is 52.3 Å². The van der Waals surface area contributed by atoms with Crippen molar-refractivity contribution >= 4 is 0 Å². The Balaban J connectivity index is 1.34. The molecule has 0 aromatic heterocycles. The molecule has 160 valence electrons. The normalized spacial score (nSPS) is 55.1. The van der Waals surface area contributed by atoms with Gasteiger partial charge in [-0.3, -0.25) is 0 Å². The van der Waals surface area contributed by atoms with Crippen LogP contribution in [0.3, 0.4) is 0 Å². The molecule has 1 aliphatic heterocycles. The van der Waals surface area contributed by atoms with Gasteiger partial charge in [0.25, 0.3) is 0 Å². The van der Waals surface area contributed by atoms with Crippen LogP contribution in [0.1, 0.15) is 105 Å². The van der Waals surface area contributed by atoms with Gasteiger partial charge in [0.15, 0.2) is 0 Å². The van der Waals surface area contributed by atoms with Gasteiger partial charge in [-0.25, -0.2) is 0 Å². The van der Waals surface area contributed by atoms with Gasteiger partial charge in [0.1, 0.15) is 0 Å². The molecule has 0 amide bonds. The molecule has 0 radical (unpaired) electrons. The van der Waals surface area contributed by atoms with Crippen LogP contribution in [0.5, 0.6) is 0 Å². The monoisotopic (exact) mass is 385 g/mol. The topological polar surface area (TPSA) is 12.0 Å². The van der Waals surface area contributed by atoms with Crippen molar-refractivity contribution in [1.82, 2.24) is 5.32 Å². The molecule has 0 aromatic carbocycles. The van der Waals surface area contributed by atoms with Crippen LogP contribution in [0.4, 0.5) is 0 Å². The van der Waals surface area contributed by atoms with Crippen LogP contribution in [-0.2, 0) is 0 Å². The summed E-state index contributed by atoms with van der Waals surface area (Å²) in [7, 11) is 0. The second-order valence-corrected chi connectivity index (χ2v) is 12.7. The summed E-state index contributed by atoms with van der Waals surface area (Å²) in [4.78, 5) is 0. The average Bonchev–Trinajstić information content (AvgIpc) is 3.05. The van der Waals surface area contributed by atoms with Gasteiger partial charge in [-0.05, 0) is 123 Å². The molecule has 0 bridgehead atoms. The fourth-order valence-electron chi connectivity index (χ4n) is 9.95. The molecular weight excluding hydrogens is 338 g/mol. The Bertz CT molecular complexity index is 563. The van der Waals surface area contributed by atoms with Crippen molar-refractivity contribution < 1.29 is 0 Å². The molecule has 28 heavy (non-hydrogen) atoms. The standard InChI is InChI=1S/C27H47N/c1-18-8-13-25(28-17-18)19(2)22-11-12-23-21-10-9-20-7-5-6-15-26(20,3)24(21)14-16-27(22,23)4/h18-25,28H,5-17H2,1-4H3/t18?,19-,20?,21-,22+,23-,24-,25?,26-,27+/m0/s1. The van der Waals surface area contributed by atoms with E-state index in [1.165, 1.54) is 38.6 Å². The first-order valence-electron chi connectivity index (χ1n) is 13.2. The summed E-state index contributed by atoms with van der Waals surface area (Å²) in [5.41, 5.74) is 1.34. The maximum absolute atomic E-state index is 3.96. The van der Waals surface area contributed by atoms with Crippen LogP contribution in [0.15, 0.2) is 0 Å². The van der Waals surface area contributed by atoms with Gasteiger partial charge < -0.3 is 5.32 Å². The van der Waals surface area contributed by atoms with Crippen LogP contribution < -0.4 is 5.32 Å². The summed E-state index contributed by atoms with van der Waals surface area (Å²) in [6, 6.07) is 0.793. The first kappa shape index (κ1) is 19.9. The van der Waals surface area contributed by atoms with Crippen molar-refractivity contribution in [3.8, 4) is 0 Å². The number of nitrogens with one attached hydrogen (secondary N) is 1. The van der Waals surface area contributed by atoms with E-state index in [0.717, 1.165) is 47.5 Å². The van der Waals surface area contributed by atoms with E-state index in [2.05, 4.69) is 33.0 Å². The molecule has 1 heteroatoms. The number of hydrogen-bond acceptors (Lipinski definition) is 1. The van der Waals surface area contributed by atoms with Crippen LogP contribution >= 0.6 is 0 Å². The highest BCUT2D eigenvalue weighted by molar-refractivity contribution is 5.10. The van der Waals surface area contributed by atoms with Gasteiger partial charge in [-0.2, -0.15) is 0 Å². The van der Waals surface area contributed by atoms with Gasteiger partial charge in [-0.1, -0.05) is 40.5 Å². The Labute approximate surface area is 175 Å². The Hall–Kier alpha value is -0.0400. The first-order chi connectivity index (χ1) is 13.4. The Morgan fingerprint density at radius 3 is 2.39 bits per heavy atom. The van der Waals surface area contributed by atoms with Crippen molar-refractivity contribution in [3.05, 3.63) is 0 Å². The Kier molecular flexibility index (Phi) is 5.17. The van der Waals surface area contributed by atoms with E-state index in [0.29, 0.717) is 10.8 Å². The molecule has 0 spiro atoms. The Morgan fingerprint density at radius 2 is 1.61 bits per heavy atom. The smallest absolute Gasteiger partial charge is 0.00957 e. The number of hydrogen-bond donors (Lipinski definition) is 1. The lowest BCUT2D eigenvalue weighted by Gasteiger charge is -2.61. The van der Waals surface area contributed by atoms with Gasteiger partial charge in [0.2, 0.25) is 0 Å². The molecule has 1 heterocycles. The predicted molar refractivity (Wildman–Crippen MR) is 119 cm³/mol. The molecule has 10 atom stereocenters. The summed E-state index contributed by atoms with van der Waals surface area (Å²) in [6.07, 6.45) is 18.3. The lowest BCUT2D eigenvalue weighted by atomic mass is 9.44. The average molecular weight is 386 g/mol. The fraction of sp³-hybridized carbons (Fsp3) is 1.00. The third kappa shape index (κ3) is 2.96. The van der Waals surface area contributed by atoms with Crippen molar-refractivity contribution in [1.29, 1.82) is 0 Å². The lowest BCUT2D eigenvalue weighted by molar-refractivity contribution is -0.115. The maximum Gasteiger partial charge on any atom is 0.00957 e. The van der Waals surface area contributed by atoms with Gasteiger partial charge in [0.05, 0.1) is 0 Å². The summed E-state index contributed by atoms with van der Waals surface area (Å²) in [6.45, 7) is 11.8. The van der Waals surface area contributed by atoms with E-state index in [1.807, 2.05) is 0 Å². The molecule has 5 fully saturated rings. The van der Waals surface area contributed by atoms with E-state index in [-0.39, 0.29) is 0 Å². The molecule has 1 nitrogen and oxygen atoms in total. The first-order valence-corrected chi connectivity index (χ1v) is 13.2. The molecule has 0 aromatic rings. The summed E-state index contributed by atoms with van der Waals surface area (Å²) >= 11 is 0. The zero-order valence-corrected chi connectivity index (χ0v) is 19.3. The molecule has 3 unspecified atom stereocenters. The molecule has 1 N–H and O–H groups in total. The van der Waals surface area contributed by atoms with Crippen molar-refractivity contribution in [2.45, 2.75) is 111 Å². The van der Waals surface area contributed by atoms with Crippen LogP contribution in [0.25, 0.3) is 0 Å². The molecule has 4 saturated carbocycles. The molecule has 4 aliphatic carbocycles. The zero-order chi connectivity index (χ0) is 19.5. The third-order valence-corrected chi connectivity index (χ3v) is 11.6. The molecular formula is C27H47N. The van der Waals surface area contributed by atoms with Crippen LogP contribution in [-0.4, -0.2) is 12.6 Å². The summed E-state index contributed by atoms with van der Waals surface area (Å²) in [5, 5.41) is 3.96. The quantitative estimate of drug-likeness (QED) is 0.536. The highest BCUT2D eigenvalue weighted by Crippen LogP contribution is 2.68. The molecule has 5 rings (SSSR count). The number of piperidine rings is 1.